The van der Waals surface area contributed by atoms with Gasteiger partial charge < -0.3 is 24.1 Å². The van der Waals surface area contributed by atoms with Gasteiger partial charge in [-0.15, -0.1) is 0 Å². The molecule has 1 fully saturated rings. The summed E-state index contributed by atoms with van der Waals surface area (Å²) < 4.78 is 20.8. The zero-order valence-electron chi connectivity index (χ0n) is 11.8. The summed E-state index contributed by atoms with van der Waals surface area (Å²) in [6.45, 7) is 2.52. The molecule has 0 saturated carbocycles. The fourth-order valence-electron chi connectivity index (χ4n) is 1.71. The van der Waals surface area contributed by atoms with E-state index in [4.69, 9.17) is 18.9 Å². The smallest absolute Gasteiger partial charge is 0.119 e. The number of aliphatic hydroxyl groups excluding tert-OH is 1. The lowest BCUT2D eigenvalue weighted by Crippen LogP contribution is -2.24. The van der Waals surface area contributed by atoms with Gasteiger partial charge >= 0.3 is 0 Å². The Labute approximate surface area is 119 Å². The Morgan fingerprint density at radius 1 is 1.30 bits per heavy atom. The number of hydrogen-bond donors (Lipinski definition) is 1. The molecule has 20 heavy (non-hydrogen) atoms. The summed E-state index contributed by atoms with van der Waals surface area (Å²) in [5.41, 5.74) is 1.20. The average molecular weight is 282 g/mol. The molecule has 1 aliphatic rings. The lowest BCUT2D eigenvalue weighted by atomic mass is 10.1. The van der Waals surface area contributed by atoms with Gasteiger partial charge in [-0.2, -0.15) is 0 Å². The van der Waals surface area contributed by atoms with E-state index in [-0.39, 0.29) is 19.3 Å². The molecule has 0 aromatic heterocycles. The van der Waals surface area contributed by atoms with Crippen molar-refractivity contribution in [3.05, 3.63) is 29.8 Å². The van der Waals surface area contributed by atoms with Crippen LogP contribution in [-0.4, -0.2) is 57.5 Å². The van der Waals surface area contributed by atoms with Crippen LogP contribution in [0.2, 0.25) is 0 Å². The predicted molar refractivity (Wildman–Crippen MR) is 74.1 cm³/mol. The lowest BCUT2D eigenvalue weighted by molar-refractivity contribution is 0.00761. The second-order valence-corrected chi connectivity index (χ2v) is 4.84. The van der Waals surface area contributed by atoms with Crippen LogP contribution in [-0.2, 0) is 20.6 Å². The fraction of sp³-hybridized carbons (Fsp3) is 0.600. The summed E-state index contributed by atoms with van der Waals surface area (Å²) in [4.78, 5) is 0. The van der Waals surface area contributed by atoms with Crippen LogP contribution in [0.3, 0.4) is 0 Å². The third kappa shape index (κ3) is 5.88. The van der Waals surface area contributed by atoms with Gasteiger partial charge in [0.15, 0.2) is 0 Å². The molecule has 1 aromatic carbocycles. The summed E-state index contributed by atoms with van der Waals surface area (Å²) in [5.74, 6) is 0.746. The normalized spacial score (nSPS) is 18.8. The summed E-state index contributed by atoms with van der Waals surface area (Å²) in [7, 11) is 1.69. The first-order valence-electron chi connectivity index (χ1n) is 6.86. The maximum Gasteiger partial charge on any atom is 0.119 e. The van der Waals surface area contributed by atoms with Crippen LogP contribution in [0.15, 0.2) is 24.3 Å². The van der Waals surface area contributed by atoms with Crippen molar-refractivity contribution in [2.24, 2.45) is 0 Å². The van der Waals surface area contributed by atoms with Crippen LogP contribution in [0.25, 0.3) is 0 Å². The molecule has 112 valence electrons. The molecule has 0 unspecified atom stereocenters. The SMILES string of the molecule is COCCc1ccc(OC[C@@H](O)COC[C@H]2CO2)cc1. The lowest BCUT2D eigenvalue weighted by Gasteiger charge is -2.12. The molecule has 2 rings (SSSR count). The van der Waals surface area contributed by atoms with E-state index in [1.165, 1.54) is 5.56 Å². The fourth-order valence-corrected chi connectivity index (χ4v) is 1.71. The topological polar surface area (TPSA) is 60.5 Å². The standard InChI is InChI=1S/C15H22O5/c1-17-7-6-12-2-4-14(5-3-12)19-9-13(16)8-18-10-15-11-20-15/h2-5,13,15-16H,6-11H2,1H3/t13-,15-/m0/s1. The van der Waals surface area contributed by atoms with Gasteiger partial charge in [-0.3, -0.25) is 0 Å². The molecule has 5 heteroatoms. The maximum atomic E-state index is 9.71. The van der Waals surface area contributed by atoms with Gasteiger partial charge in [0.25, 0.3) is 0 Å². The minimum absolute atomic E-state index is 0.225. The number of hydrogen-bond acceptors (Lipinski definition) is 5. The first-order chi connectivity index (χ1) is 9.78. The van der Waals surface area contributed by atoms with Crippen LogP contribution in [0.5, 0.6) is 5.75 Å². The van der Waals surface area contributed by atoms with Gasteiger partial charge in [-0.05, 0) is 24.1 Å². The van der Waals surface area contributed by atoms with E-state index >= 15 is 0 Å². The average Bonchev–Trinajstić information content (AvgIpc) is 3.28. The summed E-state index contributed by atoms with van der Waals surface area (Å²) in [5, 5.41) is 9.71. The molecule has 2 atom stereocenters. The molecule has 1 N–H and O–H groups in total. The van der Waals surface area contributed by atoms with E-state index in [0.29, 0.717) is 13.2 Å². The first-order valence-corrected chi connectivity index (χ1v) is 6.86. The molecule has 0 aliphatic carbocycles. The van der Waals surface area contributed by atoms with Crippen molar-refractivity contribution in [1.82, 2.24) is 0 Å². The largest absolute Gasteiger partial charge is 0.491 e. The van der Waals surface area contributed by atoms with Crippen LogP contribution in [0.1, 0.15) is 5.56 Å². The Morgan fingerprint density at radius 3 is 2.70 bits per heavy atom. The number of methoxy groups -OCH3 is 1. The zero-order valence-corrected chi connectivity index (χ0v) is 11.8. The van der Waals surface area contributed by atoms with Gasteiger partial charge in [0.2, 0.25) is 0 Å². The van der Waals surface area contributed by atoms with Gasteiger partial charge in [-0.1, -0.05) is 12.1 Å². The highest BCUT2D eigenvalue weighted by Crippen LogP contribution is 2.13. The second-order valence-electron chi connectivity index (χ2n) is 4.84. The van der Waals surface area contributed by atoms with Crippen molar-refractivity contribution in [1.29, 1.82) is 0 Å². The minimum atomic E-state index is -0.623. The highest BCUT2D eigenvalue weighted by atomic mass is 16.6. The molecule has 0 spiro atoms. The Kier molecular flexibility index (Phi) is 6.26. The van der Waals surface area contributed by atoms with Gasteiger partial charge in [-0.25, -0.2) is 0 Å². The first kappa shape index (κ1) is 15.3. The Morgan fingerprint density at radius 2 is 2.05 bits per heavy atom. The van der Waals surface area contributed by atoms with E-state index in [2.05, 4.69) is 0 Å². The third-order valence-corrected chi connectivity index (χ3v) is 2.98. The highest BCUT2D eigenvalue weighted by Gasteiger charge is 2.22. The van der Waals surface area contributed by atoms with Gasteiger partial charge in [0.1, 0.15) is 24.6 Å². The molecular formula is C15H22O5. The van der Waals surface area contributed by atoms with Crippen molar-refractivity contribution in [2.45, 2.75) is 18.6 Å². The summed E-state index contributed by atoms with van der Waals surface area (Å²) >= 11 is 0. The van der Waals surface area contributed by atoms with E-state index in [1.54, 1.807) is 7.11 Å². The molecule has 1 heterocycles. The van der Waals surface area contributed by atoms with E-state index in [9.17, 15) is 5.11 Å². The number of epoxide rings is 1. The monoisotopic (exact) mass is 282 g/mol. The predicted octanol–water partition coefficient (Wildman–Crippen LogP) is 1.03. The van der Waals surface area contributed by atoms with Gasteiger partial charge in [0.05, 0.1) is 26.4 Å². The van der Waals surface area contributed by atoms with Crippen LogP contribution in [0, 0.1) is 0 Å². The zero-order chi connectivity index (χ0) is 14.2. The van der Waals surface area contributed by atoms with E-state index in [0.717, 1.165) is 18.8 Å². The van der Waals surface area contributed by atoms with Crippen LogP contribution >= 0.6 is 0 Å². The molecule has 0 bridgehead atoms. The quantitative estimate of drug-likeness (QED) is 0.650. The van der Waals surface area contributed by atoms with Crippen LogP contribution < -0.4 is 4.74 Å². The molecule has 0 amide bonds. The highest BCUT2D eigenvalue weighted by molar-refractivity contribution is 5.27. The van der Waals surface area contributed by atoms with Crippen molar-refractivity contribution in [3.8, 4) is 5.75 Å². The third-order valence-electron chi connectivity index (χ3n) is 2.98. The van der Waals surface area contributed by atoms with E-state index in [1.807, 2.05) is 24.3 Å². The molecule has 1 aromatic rings. The second kappa shape index (κ2) is 8.21. The van der Waals surface area contributed by atoms with Crippen molar-refractivity contribution in [3.63, 3.8) is 0 Å². The molecule has 0 radical (unpaired) electrons. The molecule has 1 aliphatic heterocycles. The molecule has 1 saturated heterocycles. The summed E-state index contributed by atoms with van der Waals surface area (Å²) in [6, 6.07) is 7.80. The van der Waals surface area contributed by atoms with E-state index < -0.39 is 6.10 Å². The Balaban J connectivity index is 1.61. The van der Waals surface area contributed by atoms with Crippen molar-refractivity contribution >= 4 is 0 Å². The number of rotatable bonds is 10. The van der Waals surface area contributed by atoms with Crippen molar-refractivity contribution in [2.75, 3.05) is 40.1 Å². The number of ether oxygens (including phenoxy) is 4. The Bertz CT molecular complexity index is 374. The van der Waals surface area contributed by atoms with Crippen molar-refractivity contribution < 1.29 is 24.1 Å². The van der Waals surface area contributed by atoms with Crippen LogP contribution in [0.4, 0.5) is 0 Å². The molecular weight excluding hydrogens is 260 g/mol. The summed E-state index contributed by atoms with van der Waals surface area (Å²) in [6.07, 6.45) is 0.487. The Hall–Kier alpha value is -1.14. The molecule has 5 nitrogen and oxygen atoms in total. The number of aliphatic hydroxyl groups is 1. The number of benzene rings is 1. The minimum Gasteiger partial charge on any atom is -0.491 e. The van der Waals surface area contributed by atoms with Gasteiger partial charge in [0, 0.05) is 7.11 Å². The maximum absolute atomic E-state index is 9.71.